The van der Waals surface area contributed by atoms with Gasteiger partial charge in [0, 0.05) is 5.69 Å². The zero-order valence-electron chi connectivity index (χ0n) is 13.0. The van der Waals surface area contributed by atoms with Gasteiger partial charge in [0.05, 0.1) is 18.6 Å². The van der Waals surface area contributed by atoms with Crippen molar-refractivity contribution in [2.24, 2.45) is 5.73 Å². The number of rotatable bonds is 3. The van der Waals surface area contributed by atoms with Gasteiger partial charge < -0.3 is 15.8 Å². The van der Waals surface area contributed by atoms with Crippen LogP contribution in [0.1, 0.15) is 36.6 Å². The van der Waals surface area contributed by atoms with Crippen LogP contribution in [0.2, 0.25) is 0 Å². The zero-order valence-corrected chi connectivity index (χ0v) is 13.0. The number of benzene rings is 2. The molecule has 0 radical (unpaired) electrons. The number of anilines is 1. The summed E-state index contributed by atoms with van der Waals surface area (Å²) in [6.45, 7) is 3.85. The zero-order chi connectivity index (χ0) is 15.9. The SMILES string of the molecule is COc1ccc(C(N)c2ccc3c(c2)C(C)(C)C(=O)N3)cc1. The average molecular weight is 296 g/mol. The lowest BCUT2D eigenvalue weighted by molar-refractivity contribution is -0.119. The molecule has 0 spiro atoms. The maximum Gasteiger partial charge on any atom is 0.234 e. The molecule has 2 aromatic rings. The number of ether oxygens (including phenoxy) is 1. The number of nitrogens with two attached hydrogens (primary N) is 1. The minimum Gasteiger partial charge on any atom is -0.497 e. The highest BCUT2D eigenvalue weighted by Crippen LogP contribution is 2.39. The standard InChI is InChI=1S/C18H20N2O2/c1-18(2)14-10-12(6-9-15(14)20-17(18)21)16(19)11-4-7-13(22-3)8-5-11/h4-10,16H,19H2,1-3H3,(H,20,21). The Hall–Kier alpha value is -2.33. The van der Waals surface area contributed by atoms with Gasteiger partial charge in [0.25, 0.3) is 0 Å². The molecule has 3 rings (SSSR count). The molecule has 1 aliphatic heterocycles. The second-order valence-electron chi connectivity index (χ2n) is 6.13. The molecule has 22 heavy (non-hydrogen) atoms. The van der Waals surface area contributed by atoms with Crippen LogP contribution in [0, 0.1) is 0 Å². The van der Waals surface area contributed by atoms with Gasteiger partial charge in [-0.2, -0.15) is 0 Å². The Morgan fingerprint density at radius 1 is 1.09 bits per heavy atom. The summed E-state index contributed by atoms with van der Waals surface area (Å²) in [6, 6.07) is 13.4. The van der Waals surface area contributed by atoms with Crippen molar-refractivity contribution in [3.63, 3.8) is 0 Å². The minimum atomic E-state index is -0.523. The molecule has 1 heterocycles. The number of carbonyl (C=O) groups excluding carboxylic acids is 1. The summed E-state index contributed by atoms with van der Waals surface area (Å²) in [7, 11) is 1.64. The number of amides is 1. The van der Waals surface area contributed by atoms with Crippen molar-refractivity contribution in [2.45, 2.75) is 25.3 Å². The fourth-order valence-electron chi connectivity index (χ4n) is 2.79. The second-order valence-corrected chi connectivity index (χ2v) is 6.13. The van der Waals surface area contributed by atoms with Crippen LogP contribution in [0.15, 0.2) is 42.5 Å². The molecule has 3 N–H and O–H groups in total. The number of fused-ring (bicyclic) bond motifs is 1. The van der Waals surface area contributed by atoms with E-state index in [-0.39, 0.29) is 11.9 Å². The molecular weight excluding hydrogens is 276 g/mol. The lowest BCUT2D eigenvalue weighted by Gasteiger charge is -2.18. The highest BCUT2D eigenvalue weighted by molar-refractivity contribution is 6.05. The molecule has 0 bridgehead atoms. The molecule has 1 unspecified atom stereocenters. The first kappa shape index (κ1) is 14.6. The van der Waals surface area contributed by atoms with E-state index in [0.29, 0.717) is 0 Å². The third kappa shape index (κ3) is 2.25. The quantitative estimate of drug-likeness (QED) is 0.915. The van der Waals surface area contributed by atoms with E-state index >= 15 is 0 Å². The van der Waals surface area contributed by atoms with Crippen LogP contribution in [0.4, 0.5) is 5.69 Å². The summed E-state index contributed by atoms with van der Waals surface area (Å²) >= 11 is 0. The van der Waals surface area contributed by atoms with Crippen molar-refractivity contribution in [1.82, 2.24) is 0 Å². The highest BCUT2D eigenvalue weighted by atomic mass is 16.5. The first-order valence-corrected chi connectivity index (χ1v) is 7.29. The van der Waals surface area contributed by atoms with Crippen LogP contribution in [-0.2, 0) is 10.2 Å². The van der Waals surface area contributed by atoms with Crippen LogP contribution in [-0.4, -0.2) is 13.0 Å². The number of carbonyl (C=O) groups is 1. The molecule has 1 atom stereocenters. The van der Waals surface area contributed by atoms with E-state index in [2.05, 4.69) is 5.32 Å². The fraction of sp³-hybridized carbons (Fsp3) is 0.278. The summed E-state index contributed by atoms with van der Waals surface area (Å²) in [6.07, 6.45) is 0. The van der Waals surface area contributed by atoms with Crippen molar-refractivity contribution in [3.05, 3.63) is 59.2 Å². The predicted molar refractivity (Wildman–Crippen MR) is 87.1 cm³/mol. The Bertz CT molecular complexity index is 720. The van der Waals surface area contributed by atoms with Gasteiger partial charge in [-0.05, 0) is 48.7 Å². The van der Waals surface area contributed by atoms with Crippen LogP contribution >= 0.6 is 0 Å². The molecule has 4 heteroatoms. The van der Waals surface area contributed by atoms with E-state index in [9.17, 15) is 4.79 Å². The number of hydrogen-bond donors (Lipinski definition) is 2. The van der Waals surface area contributed by atoms with Gasteiger partial charge >= 0.3 is 0 Å². The third-order valence-electron chi connectivity index (χ3n) is 4.37. The van der Waals surface area contributed by atoms with E-state index in [1.54, 1.807) is 7.11 Å². The topological polar surface area (TPSA) is 64.3 Å². The highest BCUT2D eigenvalue weighted by Gasteiger charge is 2.38. The maximum absolute atomic E-state index is 12.0. The average Bonchev–Trinajstić information content (AvgIpc) is 2.76. The Kier molecular flexibility index (Phi) is 3.41. The van der Waals surface area contributed by atoms with Crippen molar-refractivity contribution in [2.75, 3.05) is 12.4 Å². The smallest absolute Gasteiger partial charge is 0.234 e. The molecular formula is C18H20N2O2. The molecule has 0 saturated carbocycles. The van der Waals surface area contributed by atoms with E-state index in [1.807, 2.05) is 56.3 Å². The molecule has 0 fully saturated rings. The van der Waals surface area contributed by atoms with Gasteiger partial charge in [-0.3, -0.25) is 4.79 Å². The summed E-state index contributed by atoms with van der Waals surface area (Å²) in [4.78, 5) is 12.0. The second kappa shape index (κ2) is 5.14. The lowest BCUT2D eigenvalue weighted by Crippen LogP contribution is -2.27. The predicted octanol–water partition coefficient (Wildman–Crippen LogP) is 2.97. The van der Waals surface area contributed by atoms with Crippen LogP contribution in [0.25, 0.3) is 0 Å². The molecule has 0 aromatic heterocycles. The van der Waals surface area contributed by atoms with Gasteiger partial charge in [0.1, 0.15) is 5.75 Å². The molecule has 1 amide bonds. The van der Waals surface area contributed by atoms with Gasteiger partial charge in [-0.15, -0.1) is 0 Å². The van der Waals surface area contributed by atoms with Crippen molar-refractivity contribution in [1.29, 1.82) is 0 Å². The number of hydrogen-bond acceptors (Lipinski definition) is 3. The van der Waals surface area contributed by atoms with Crippen LogP contribution in [0.5, 0.6) is 5.75 Å². The summed E-state index contributed by atoms with van der Waals surface area (Å²) < 4.78 is 5.17. The fourth-order valence-corrected chi connectivity index (χ4v) is 2.79. The van der Waals surface area contributed by atoms with E-state index < -0.39 is 5.41 Å². The van der Waals surface area contributed by atoms with Gasteiger partial charge in [0.15, 0.2) is 0 Å². The van der Waals surface area contributed by atoms with Crippen molar-refractivity contribution >= 4 is 11.6 Å². The number of methoxy groups -OCH3 is 1. The van der Waals surface area contributed by atoms with Gasteiger partial charge in [-0.1, -0.05) is 24.3 Å². The first-order chi connectivity index (χ1) is 10.4. The number of nitrogens with one attached hydrogen (secondary N) is 1. The largest absolute Gasteiger partial charge is 0.497 e. The Labute approximate surface area is 130 Å². The molecule has 0 saturated heterocycles. The Morgan fingerprint density at radius 2 is 1.73 bits per heavy atom. The maximum atomic E-state index is 12.0. The van der Waals surface area contributed by atoms with Gasteiger partial charge in [0.2, 0.25) is 5.91 Å². The summed E-state index contributed by atoms with van der Waals surface area (Å²) in [5.74, 6) is 0.832. The molecule has 2 aromatic carbocycles. The molecule has 0 aliphatic carbocycles. The molecule has 4 nitrogen and oxygen atoms in total. The van der Waals surface area contributed by atoms with Crippen LogP contribution < -0.4 is 15.8 Å². The summed E-state index contributed by atoms with van der Waals surface area (Å²) in [5.41, 5.74) is 9.73. The molecule has 1 aliphatic rings. The lowest BCUT2D eigenvalue weighted by atomic mass is 9.84. The van der Waals surface area contributed by atoms with Gasteiger partial charge in [-0.25, -0.2) is 0 Å². The summed E-state index contributed by atoms with van der Waals surface area (Å²) in [5, 5.41) is 2.91. The third-order valence-corrected chi connectivity index (χ3v) is 4.37. The normalized spacial score (nSPS) is 16.8. The van der Waals surface area contributed by atoms with Crippen LogP contribution in [0.3, 0.4) is 0 Å². The van der Waals surface area contributed by atoms with Crippen molar-refractivity contribution in [3.8, 4) is 5.75 Å². The minimum absolute atomic E-state index is 0.0256. The van der Waals surface area contributed by atoms with Crippen molar-refractivity contribution < 1.29 is 9.53 Å². The van der Waals surface area contributed by atoms with E-state index in [0.717, 1.165) is 28.1 Å². The van der Waals surface area contributed by atoms with E-state index in [1.165, 1.54) is 0 Å². The first-order valence-electron chi connectivity index (χ1n) is 7.29. The Balaban J connectivity index is 1.96. The molecule has 114 valence electrons. The van der Waals surface area contributed by atoms with E-state index in [4.69, 9.17) is 10.5 Å². The Morgan fingerprint density at radius 3 is 2.36 bits per heavy atom. The monoisotopic (exact) mass is 296 g/mol.